The summed E-state index contributed by atoms with van der Waals surface area (Å²) in [6.07, 6.45) is 5.76. The molecule has 0 saturated heterocycles. The van der Waals surface area contributed by atoms with Gasteiger partial charge in [0.2, 0.25) is 0 Å². The number of nitrogens with zero attached hydrogens (tertiary/aromatic N) is 1. The van der Waals surface area contributed by atoms with Crippen molar-refractivity contribution in [2.24, 2.45) is 0 Å². The first-order valence-corrected chi connectivity index (χ1v) is 6.65. The largest absolute Gasteiger partial charge is 0.391 e. The fourth-order valence-corrected chi connectivity index (χ4v) is 2.33. The van der Waals surface area contributed by atoms with Gasteiger partial charge in [0.15, 0.2) is 0 Å². The zero-order valence-electron chi connectivity index (χ0n) is 10.1. The summed E-state index contributed by atoms with van der Waals surface area (Å²) >= 11 is 5.67. The van der Waals surface area contributed by atoms with Crippen LogP contribution in [0.5, 0.6) is 0 Å². The standard InChI is InChI=1S/C13H17ClN2O2/c14-12-7-6-9(8-15-12)13(18)16-10-4-2-1-3-5-11(10)17/h6-8,10-11,17H,1-5H2,(H,16,18). The molecule has 1 fully saturated rings. The van der Waals surface area contributed by atoms with E-state index in [4.69, 9.17) is 11.6 Å². The summed E-state index contributed by atoms with van der Waals surface area (Å²) in [4.78, 5) is 15.8. The molecule has 1 aromatic heterocycles. The molecule has 5 heteroatoms. The van der Waals surface area contributed by atoms with E-state index in [1.807, 2.05) is 0 Å². The SMILES string of the molecule is O=C(NC1CCCCCC1O)c1ccc(Cl)nc1. The highest BCUT2D eigenvalue weighted by Gasteiger charge is 2.23. The fourth-order valence-electron chi connectivity index (χ4n) is 2.22. The van der Waals surface area contributed by atoms with Crippen molar-refractivity contribution in [1.82, 2.24) is 10.3 Å². The lowest BCUT2D eigenvalue weighted by molar-refractivity contribution is 0.0818. The normalized spacial score (nSPS) is 24.3. The summed E-state index contributed by atoms with van der Waals surface area (Å²) in [5.41, 5.74) is 0.468. The highest BCUT2D eigenvalue weighted by molar-refractivity contribution is 6.29. The number of rotatable bonds is 2. The van der Waals surface area contributed by atoms with Crippen molar-refractivity contribution in [3.8, 4) is 0 Å². The molecule has 0 aromatic carbocycles. The molecule has 1 heterocycles. The van der Waals surface area contributed by atoms with Gasteiger partial charge in [0.1, 0.15) is 5.15 Å². The maximum absolute atomic E-state index is 12.0. The third-order valence-corrected chi connectivity index (χ3v) is 3.51. The lowest BCUT2D eigenvalue weighted by Gasteiger charge is -2.21. The maximum Gasteiger partial charge on any atom is 0.253 e. The van der Waals surface area contributed by atoms with Crippen molar-refractivity contribution in [1.29, 1.82) is 0 Å². The van der Waals surface area contributed by atoms with Crippen LogP contribution in [-0.2, 0) is 0 Å². The number of nitrogens with one attached hydrogen (secondary N) is 1. The molecular formula is C13H17ClN2O2. The Kier molecular flexibility index (Phi) is 4.55. The Bertz CT molecular complexity index is 408. The van der Waals surface area contributed by atoms with Crippen molar-refractivity contribution in [2.45, 2.75) is 44.2 Å². The van der Waals surface area contributed by atoms with Crippen LogP contribution in [-0.4, -0.2) is 28.1 Å². The van der Waals surface area contributed by atoms with E-state index in [1.165, 1.54) is 6.20 Å². The van der Waals surface area contributed by atoms with Crippen LogP contribution >= 0.6 is 11.6 Å². The highest BCUT2D eigenvalue weighted by atomic mass is 35.5. The molecule has 2 rings (SSSR count). The highest BCUT2D eigenvalue weighted by Crippen LogP contribution is 2.18. The Balaban J connectivity index is 1.99. The van der Waals surface area contributed by atoms with Crippen LogP contribution in [0.3, 0.4) is 0 Å². The van der Waals surface area contributed by atoms with Gasteiger partial charge >= 0.3 is 0 Å². The number of halogens is 1. The van der Waals surface area contributed by atoms with Gasteiger partial charge in [0.05, 0.1) is 17.7 Å². The molecule has 2 atom stereocenters. The van der Waals surface area contributed by atoms with Crippen LogP contribution in [0, 0.1) is 0 Å². The zero-order chi connectivity index (χ0) is 13.0. The zero-order valence-corrected chi connectivity index (χ0v) is 10.9. The number of pyridine rings is 1. The molecule has 98 valence electrons. The number of carbonyl (C=O) groups excluding carboxylic acids is 1. The second-order valence-corrected chi connectivity index (χ2v) is 5.04. The summed E-state index contributed by atoms with van der Waals surface area (Å²) in [6, 6.07) is 3.06. The Morgan fingerprint density at radius 3 is 2.83 bits per heavy atom. The van der Waals surface area contributed by atoms with E-state index < -0.39 is 6.10 Å². The van der Waals surface area contributed by atoms with Crippen molar-refractivity contribution >= 4 is 17.5 Å². The molecule has 0 radical (unpaired) electrons. The summed E-state index contributed by atoms with van der Waals surface area (Å²) in [5, 5.41) is 13.2. The molecule has 0 aliphatic heterocycles. The molecule has 4 nitrogen and oxygen atoms in total. The van der Waals surface area contributed by atoms with Gasteiger partial charge in [-0.3, -0.25) is 4.79 Å². The first kappa shape index (κ1) is 13.3. The van der Waals surface area contributed by atoms with Crippen LogP contribution in [0.15, 0.2) is 18.3 Å². The second-order valence-electron chi connectivity index (χ2n) is 4.65. The predicted molar refractivity (Wildman–Crippen MR) is 69.6 cm³/mol. The summed E-state index contributed by atoms with van der Waals surface area (Å²) in [5.74, 6) is -0.204. The monoisotopic (exact) mass is 268 g/mol. The first-order chi connectivity index (χ1) is 8.66. The van der Waals surface area contributed by atoms with Crippen molar-refractivity contribution in [3.63, 3.8) is 0 Å². The Morgan fingerprint density at radius 1 is 1.33 bits per heavy atom. The van der Waals surface area contributed by atoms with E-state index in [2.05, 4.69) is 10.3 Å². The predicted octanol–water partition coefficient (Wildman–Crippen LogP) is 2.16. The van der Waals surface area contributed by atoms with Gasteiger partial charge in [-0.15, -0.1) is 0 Å². The number of hydrogen-bond donors (Lipinski definition) is 2. The summed E-state index contributed by atoms with van der Waals surface area (Å²) < 4.78 is 0. The van der Waals surface area contributed by atoms with Gasteiger partial charge in [0, 0.05) is 6.20 Å². The molecule has 1 aliphatic carbocycles. The fraction of sp³-hybridized carbons (Fsp3) is 0.538. The van der Waals surface area contributed by atoms with Gasteiger partial charge in [-0.2, -0.15) is 0 Å². The van der Waals surface area contributed by atoms with E-state index in [1.54, 1.807) is 12.1 Å². The van der Waals surface area contributed by atoms with E-state index >= 15 is 0 Å². The molecule has 0 spiro atoms. The van der Waals surface area contributed by atoms with Crippen molar-refractivity contribution in [2.75, 3.05) is 0 Å². The van der Waals surface area contributed by atoms with Gasteiger partial charge in [0.25, 0.3) is 5.91 Å². The quantitative estimate of drug-likeness (QED) is 0.638. The van der Waals surface area contributed by atoms with Crippen LogP contribution in [0.4, 0.5) is 0 Å². The van der Waals surface area contributed by atoms with Crippen LogP contribution < -0.4 is 5.32 Å². The smallest absolute Gasteiger partial charge is 0.253 e. The molecule has 0 bridgehead atoms. The molecule has 2 N–H and O–H groups in total. The Hall–Kier alpha value is -1.13. The first-order valence-electron chi connectivity index (χ1n) is 6.27. The number of carbonyl (C=O) groups is 1. The number of amides is 1. The van der Waals surface area contributed by atoms with Crippen LogP contribution in [0.1, 0.15) is 42.5 Å². The minimum atomic E-state index is -0.447. The van der Waals surface area contributed by atoms with E-state index in [-0.39, 0.29) is 11.9 Å². The van der Waals surface area contributed by atoms with E-state index in [9.17, 15) is 9.90 Å². The van der Waals surface area contributed by atoms with Crippen LogP contribution in [0.2, 0.25) is 5.15 Å². The van der Waals surface area contributed by atoms with E-state index in [0.717, 1.165) is 32.1 Å². The number of aromatic nitrogens is 1. The molecule has 18 heavy (non-hydrogen) atoms. The third kappa shape index (κ3) is 3.43. The van der Waals surface area contributed by atoms with Gasteiger partial charge < -0.3 is 10.4 Å². The minimum absolute atomic E-state index is 0.157. The molecule has 1 aliphatic rings. The number of aliphatic hydroxyl groups excluding tert-OH is 1. The molecule has 1 aromatic rings. The van der Waals surface area contributed by atoms with Gasteiger partial charge in [-0.05, 0) is 25.0 Å². The minimum Gasteiger partial charge on any atom is -0.391 e. The number of hydrogen-bond acceptors (Lipinski definition) is 3. The second kappa shape index (κ2) is 6.16. The summed E-state index contributed by atoms with van der Waals surface area (Å²) in [6.45, 7) is 0. The Labute approximate surface area is 111 Å². The van der Waals surface area contributed by atoms with E-state index in [0.29, 0.717) is 10.7 Å². The lowest BCUT2D eigenvalue weighted by Crippen LogP contribution is -2.42. The lowest BCUT2D eigenvalue weighted by atomic mass is 10.1. The maximum atomic E-state index is 12.0. The van der Waals surface area contributed by atoms with Gasteiger partial charge in [-0.1, -0.05) is 30.9 Å². The number of aliphatic hydroxyl groups is 1. The van der Waals surface area contributed by atoms with Gasteiger partial charge in [-0.25, -0.2) is 4.98 Å². The topological polar surface area (TPSA) is 62.2 Å². The van der Waals surface area contributed by atoms with Crippen LogP contribution in [0.25, 0.3) is 0 Å². The molecule has 1 amide bonds. The average molecular weight is 269 g/mol. The molecular weight excluding hydrogens is 252 g/mol. The Morgan fingerprint density at radius 2 is 2.11 bits per heavy atom. The summed E-state index contributed by atoms with van der Waals surface area (Å²) in [7, 11) is 0. The van der Waals surface area contributed by atoms with Crippen molar-refractivity contribution in [3.05, 3.63) is 29.0 Å². The molecule has 1 saturated carbocycles. The molecule has 2 unspecified atom stereocenters. The van der Waals surface area contributed by atoms with Crippen molar-refractivity contribution < 1.29 is 9.90 Å². The average Bonchev–Trinajstić information content (AvgIpc) is 2.56. The third-order valence-electron chi connectivity index (χ3n) is 3.29.